The molecule has 23 heavy (non-hydrogen) atoms. The maximum atomic E-state index is 6.23. The van der Waals surface area contributed by atoms with Gasteiger partial charge >= 0.3 is 0 Å². The molecule has 2 N–H and O–H groups in total. The summed E-state index contributed by atoms with van der Waals surface area (Å²) < 4.78 is 0. The molecule has 0 radical (unpaired) electrons. The van der Waals surface area contributed by atoms with Gasteiger partial charge < -0.3 is 15.5 Å². The maximum absolute atomic E-state index is 6.23. The van der Waals surface area contributed by atoms with Crippen molar-refractivity contribution in [2.75, 3.05) is 31.5 Å². The number of amidine groups is 1. The van der Waals surface area contributed by atoms with Crippen LogP contribution in [-0.4, -0.2) is 43.0 Å². The Hall–Kier alpha value is -1.49. The zero-order valence-electron chi connectivity index (χ0n) is 12.6. The van der Waals surface area contributed by atoms with Crippen LogP contribution in [0.15, 0.2) is 46.5 Å². The van der Waals surface area contributed by atoms with Crippen molar-refractivity contribution in [3.05, 3.63) is 46.5 Å². The summed E-state index contributed by atoms with van der Waals surface area (Å²) in [6, 6.07) is 5.89. The normalized spacial score (nSPS) is 26.4. The van der Waals surface area contributed by atoms with E-state index in [2.05, 4.69) is 27.7 Å². The van der Waals surface area contributed by atoms with E-state index >= 15 is 0 Å². The van der Waals surface area contributed by atoms with Crippen LogP contribution in [0.5, 0.6) is 0 Å². The fraction of sp³-hybridized carbons (Fsp3) is 0.353. The minimum atomic E-state index is 0.101. The first-order chi connectivity index (χ1) is 11.2. The Bertz CT molecular complexity index is 705. The van der Waals surface area contributed by atoms with Crippen LogP contribution < -0.4 is 10.6 Å². The number of nitrogens with zero attached hydrogens (tertiary/aromatic N) is 2. The van der Waals surface area contributed by atoms with Crippen LogP contribution in [0.25, 0.3) is 0 Å². The first kappa shape index (κ1) is 15.1. The Morgan fingerprint density at radius 3 is 2.83 bits per heavy atom. The van der Waals surface area contributed by atoms with Crippen molar-refractivity contribution in [2.45, 2.75) is 6.04 Å². The van der Waals surface area contributed by atoms with E-state index in [4.69, 9.17) is 28.2 Å². The fourth-order valence-corrected chi connectivity index (χ4v) is 3.67. The molecule has 120 valence electrons. The van der Waals surface area contributed by atoms with E-state index in [0.29, 0.717) is 5.02 Å². The SMILES string of the molecule is ClC1=CC2Nc3ccc(Cl)cc3N=C(N3CCNCC3)C2C=C1. The van der Waals surface area contributed by atoms with Crippen molar-refractivity contribution in [3.8, 4) is 0 Å². The molecule has 2 heterocycles. The lowest BCUT2D eigenvalue weighted by molar-refractivity contribution is 0.344. The molecule has 0 aromatic heterocycles. The van der Waals surface area contributed by atoms with Gasteiger partial charge in [0, 0.05) is 36.2 Å². The van der Waals surface area contributed by atoms with Crippen LogP contribution in [-0.2, 0) is 0 Å². The Kier molecular flexibility index (Phi) is 4.05. The van der Waals surface area contributed by atoms with Crippen molar-refractivity contribution in [2.24, 2.45) is 10.9 Å². The lowest BCUT2D eigenvalue weighted by Gasteiger charge is -2.35. The summed E-state index contributed by atoms with van der Waals surface area (Å²) in [5.41, 5.74) is 1.88. The molecular weight excluding hydrogens is 331 g/mol. The van der Waals surface area contributed by atoms with Crippen LogP contribution >= 0.6 is 23.2 Å². The molecule has 0 saturated carbocycles. The molecule has 1 aliphatic carbocycles. The maximum Gasteiger partial charge on any atom is 0.114 e. The Morgan fingerprint density at radius 1 is 1.17 bits per heavy atom. The Labute approximate surface area is 145 Å². The number of nitrogens with one attached hydrogen (secondary N) is 2. The highest BCUT2D eigenvalue weighted by atomic mass is 35.5. The second-order valence-corrected chi connectivity index (χ2v) is 6.85. The van der Waals surface area contributed by atoms with E-state index in [0.717, 1.165) is 48.4 Å². The average Bonchev–Trinajstić information content (AvgIpc) is 2.71. The minimum absolute atomic E-state index is 0.101. The zero-order chi connectivity index (χ0) is 15.8. The summed E-state index contributed by atoms with van der Waals surface area (Å²) >= 11 is 12.4. The topological polar surface area (TPSA) is 39.7 Å². The molecule has 0 bridgehead atoms. The van der Waals surface area contributed by atoms with Gasteiger partial charge in [0.1, 0.15) is 5.84 Å². The predicted octanol–water partition coefficient (Wildman–Crippen LogP) is 3.38. The van der Waals surface area contributed by atoms with Crippen molar-refractivity contribution in [1.29, 1.82) is 0 Å². The lowest BCUT2D eigenvalue weighted by atomic mass is 9.92. The molecule has 0 spiro atoms. The summed E-state index contributed by atoms with van der Waals surface area (Å²) in [6.07, 6.45) is 6.17. The molecule has 2 aliphatic heterocycles. The molecule has 3 aliphatic rings. The van der Waals surface area contributed by atoms with Gasteiger partial charge in [-0.15, -0.1) is 0 Å². The van der Waals surface area contributed by atoms with Gasteiger partial charge in [0.05, 0.1) is 23.3 Å². The van der Waals surface area contributed by atoms with Crippen molar-refractivity contribution >= 4 is 40.4 Å². The van der Waals surface area contributed by atoms with E-state index in [9.17, 15) is 0 Å². The number of anilines is 1. The van der Waals surface area contributed by atoms with Gasteiger partial charge in [0.2, 0.25) is 0 Å². The molecule has 0 amide bonds. The monoisotopic (exact) mass is 348 g/mol. The first-order valence-electron chi connectivity index (χ1n) is 7.86. The number of allylic oxidation sites excluding steroid dienone is 2. The van der Waals surface area contributed by atoms with Gasteiger partial charge in [-0.3, -0.25) is 0 Å². The van der Waals surface area contributed by atoms with Crippen LogP contribution in [0.1, 0.15) is 0 Å². The van der Waals surface area contributed by atoms with Gasteiger partial charge in [0.25, 0.3) is 0 Å². The number of fused-ring (bicyclic) bond motifs is 2. The largest absolute Gasteiger partial charge is 0.376 e. The summed E-state index contributed by atoms with van der Waals surface area (Å²) in [6.45, 7) is 3.88. The van der Waals surface area contributed by atoms with Gasteiger partial charge in [-0.05, 0) is 30.4 Å². The lowest BCUT2D eigenvalue weighted by Crippen LogP contribution is -2.50. The number of rotatable bonds is 0. The third-order valence-corrected chi connectivity index (χ3v) is 4.93. The highest BCUT2D eigenvalue weighted by Crippen LogP contribution is 2.36. The average molecular weight is 349 g/mol. The number of aliphatic imine (C=N–C) groups is 1. The Balaban J connectivity index is 1.80. The summed E-state index contributed by atoms with van der Waals surface area (Å²) in [4.78, 5) is 7.34. The molecule has 1 aromatic carbocycles. The smallest absolute Gasteiger partial charge is 0.114 e. The van der Waals surface area contributed by atoms with Gasteiger partial charge in [-0.2, -0.15) is 0 Å². The number of halogens is 2. The van der Waals surface area contributed by atoms with Crippen LogP contribution in [0.4, 0.5) is 11.4 Å². The number of hydrogen-bond donors (Lipinski definition) is 2. The van der Waals surface area contributed by atoms with E-state index < -0.39 is 0 Å². The van der Waals surface area contributed by atoms with E-state index in [1.807, 2.05) is 24.3 Å². The zero-order valence-corrected chi connectivity index (χ0v) is 14.1. The third kappa shape index (κ3) is 2.99. The van der Waals surface area contributed by atoms with Crippen molar-refractivity contribution in [1.82, 2.24) is 10.2 Å². The molecule has 1 saturated heterocycles. The third-order valence-electron chi connectivity index (χ3n) is 4.44. The fourth-order valence-electron chi connectivity index (χ4n) is 3.30. The highest BCUT2D eigenvalue weighted by Gasteiger charge is 2.32. The van der Waals surface area contributed by atoms with Crippen LogP contribution in [0.2, 0.25) is 5.02 Å². The molecule has 1 aromatic rings. The highest BCUT2D eigenvalue weighted by molar-refractivity contribution is 6.31. The van der Waals surface area contributed by atoms with Gasteiger partial charge in [0.15, 0.2) is 0 Å². The number of hydrogen-bond acceptors (Lipinski definition) is 4. The Morgan fingerprint density at radius 2 is 2.00 bits per heavy atom. The van der Waals surface area contributed by atoms with Gasteiger partial charge in [-0.1, -0.05) is 29.3 Å². The van der Waals surface area contributed by atoms with Crippen LogP contribution in [0.3, 0.4) is 0 Å². The summed E-state index contributed by atoms with van der Waals surface area (Å²) in [7, 11) is 0. The number of piperazine rings is 1. The van der Waals surface area contributed by atoms with Crippen molar-refractivity contribution < 1.29 is 0 Å². The molecule has 4 rings (SSSR count). The minimum Gasteiger partial charge on any atom is -0.376 e. The van der Waals surface area contributed by atoms with Gasteiger partial charge in [-0.25, -0.2) is 4.99 Å². The first-order valence-corrected chi connectivity index (χ1v) is 8.62. The van der Waals surface area contributed by atoms with Crippen LogP contribution in [0, 0.1) is 5.92 Å². The molecule has 1 fully saturated rings. The molecule has 6 heteroatoms. The second kappa shape index (κ2) is 6.19. The van der Waals surface area contributed by atoms with E-state index in [1.54, 1.807) is 0 Å². The molecule has 2 atom stereocenters. The molecule has 2 unspecified atom stereocenters. The van der Waals surface area contributed by atoms with E-state index in [1.165, 1.54) is 0 Å². The van der Waals surface area contributed by atoms with E-state index in [-0.39, 0.29) is 12.0 Å². The molecular formula is C17H18Cl2N4. The van der Waals surface area contributed by atoms with Crippen molar-refractivity contribution in [3.63, 3.8) is 0 Å². The predicted molar refractivity (Wildman–Crippen MR) is 97.0 cm³/mol. The summed E-state index contributed by atoms with van der Waals surface area (Å²) in [5.74, 6) is 1.25. The quantitative estimate of drug-likeness (QED) is 0.754. The number of benzene rings is 1. The standard InChI is InChI=1S/C17H18Cl2N4/c18-11-1-3-13-15(9-11)21-14-4-2-12(19)10-16(14)22-17(13)23-7-5-20-6-8-23/h1-4,9-10,13,15,20-21H,5-8H2. The second-order valence-electron chi connectivity index (χ2n) is 5.98. The summed E-state index contributed by atoms with van der Waals surface area (Å²) in [5, 5.41) is 8.41. The molecule has 4 nitrogen and oxygen atoms in total.